The molecule has 0 heterocycles. The average Bonchev–Trinajstić information content (AvgIpc) is 1.94. The van der Waals surface area contributed by atoms with E-state index >= 15 is 0 Å². The van der Waals surface area contributed by atoms with Gasteiger partial charge in [0.05, 0.1) is 22.0 Å². The van der Waals surface area contributed by atoms with Crippen LogP contribution >= 0.6 is 0 Å². The van der Waals surface area contributed by atoms with Crippen molar-refractivity contribution in [1.29, 1.82) is 0 Å². The fraction of sp³-hybridized carbons (Fsp3) is 1.00. The molecule has 2 N–H and O–H groups in total. The SMILES string of the molecule is CCCCNCC(O)CS(=O)(=O)[O-].[Na+]. The van der Waals surface area contributed by atoms with E-state index in [1.165, 1.54) is 0 Å². The zero-order chi connectivity index (χ0) is 10.3. The Morgan fingerprint density at radius 2 is 2.07 bits per heavy atom. The number of nitrogens with one attached hydrogen (secondary N) is 1. The summed E-state index contributed by atoms with van der Waals surface area (Å²) in [6.45, 7) is 2.91. The quantitative estimate of drug-likeness (QED) is 0.268. The van der Waals surface area contributed by atoms with Gasteiger partial charge in [0.2, 0.25) is 0 Å². The first-order valence-electron chi connectivity index (χ1n) is 4.28. The normalized spacial score (nSPS) is 13.4. The summed E-state index contributed by atoms with van der Waals surface area (Å²) in [5.74, 6) is -0.716. The second-order valence-electron chi connectivity index (χ2n) is 2.94. The molecule has 1 unspecified atom stereocenters. The van der Waals surface area contributed by atoms with Crippen molar-refractivity contribution in [3.05, 3.63) is 0 Å². The van der Waals surface area contributed by atoms with Gasteiger partial charge >= 0.3 is 29.6 Å². The Bertz CT molecular complexity index is 220. The Labute approximate surface area is 107 Å². The summed E-state index contributed by atoms with van der Waals surface area (Å²) < 4.78 is 30.6. The van der Waals surface area contributed by atoms with Crippen molar-refractivity contribution in [2.75, 3.05) is 18.8 Å². The molecule has 0 rings (SSSR count). The van der Waals surface area contributed by atoms with Crippen LogP contribution in [0.25, 0.3) is 0 Å². The summed E-state index contributed by atoms with van der Waals surface area (Å²) >= 11 is 0. The molecule has 7 heteroatoms. The Kier molecular flexibility index (Phi) is 11.2. The van der Waals surface area contributed by atoms with Gasteiger partial charge in [-0.1, -0.05) is 13.3 Å². The van der Waals surface area contributed by atoms with Crippen LogP contribution in [0.15, 0.2) is 0 Å². The Hall–Kier alpha value is 0.830. The van der Waals surface area contributed by atoms with Crippen molar-refractivity contribution in [2.45, 2.75) is 25.9 Å². The molecule has 0 aliphatic heterocycles. The average molecular weight is 233 g/mol. The monoisotopic (exact) mass is 233 g/mol. The molecular weight excluding hydrogens is 217 g/mol. The van der Waals surface area contributed by atoms with Gasteiger partial charge in [-0.2, -0.15) is 0 Å². The molecule has 0 bridgehead atoms. The maximum absolute atomic E-state index is 10.2. The summed E-state index contributed by atoms with van der Waals surface area (Å²) in [5.41, 5.74) is 0. The predicted octanol–water partition coefficient (Wildman–Crippen LogP) is -3.71. The van der Waals surface area contributed by atoms with E-state index in [9.17, 15) is 13.0 Å². The van der Waals surface area contributed by atoms with Crippen LogP contribution < -0.4 is 34.9 Å². The summed E-state index contributed by atoms with van der Waals surface area (Å²) in [6.07, 6.45) is 0.902. The van der Waals surface area contributed by atoms with Crippen LogP contribution in [0.5, 0.6) is 0 Å². The molecule has 0 aromatic carbocycles. The van der Waals surface area contributed by atoms with Crippen molar-refractivity contribution in [1.82, 2.24) is 5.32 Å². The number of hydrogen-bond acceptors (Lipinski definition) is 5. The van der Waals surface area contributed by atoms with Crippen LogP contribution in [0.3, 0.4) is 0 Å². The van der Waals surface area contributed by atoms with Crippen molar-refractivity contribution >= 4 is 10.1 Å². The van der Waals surface area contributed by atoms with Gasteiger partial charge in [0.1, 0.15) is 0 Å². The maximum atomic E-state index is 10.2. The maximum Gasteiger partial charge on any atom is 1.00 e. The van der Waals surface area contributed by atoms with Gasteiger partial charge in [0.15, 0.2) is 0 Å². The first-order chi connectivity index (χ1) is 5.95. The summed E-state index contributed by atoms with van der Waals surface area (Å²) in [4.78, 5) is 0. The van der Waals surface area contributed by atoms with E-state index in [0.717, 1.165) is 19.4 Å². The standard InChI is InChI=1S/C7H17NO4S.Na/c1-2-3-4-8-5-7(9)6-13(10,11)12;/h7-9H,2-6H2,1H3,(H,10,11,12);/q;+1/p-1. The molecule has 80 valence electrons. The van der Waals surface area contributed by atoms with Gasteiger partial charge in [-0.05, 0) is 13.0 Å². The molecule has 14 heavy (non-hydrogen) atoms. The summed E-state index contributed by atoms with van der Waals surface area (Å²) in [7, 11) is -4.31. The first kappa shape index (κ1) is 17.2. The molecule has 0 radical (unpaired) electrons. The molecule has 0 aromatic rings. The van der Waals surface area contributed by atoms with Crippen LogP contribution in [0.1, 0.15) is 19.8 Å². The van der Waals surface area contributed by atoms with Crippen molar-refractivity contribution in [2.24, 2.45) is 0 Å². The molecule has 5 nitrogen and oxygen atoms in total. The summed E-state index contributed by atoms with van der Waals surface area (Å²) in [6, 6.07) is 0. The molecular formula is C7H16NNaO4S. The van der Waals surface area contributed by atoms with Crippen LogP contribution in [-0.4, -0.2) is 43.0 Å². The third kappa shape index (κ3) is 12.8. The van der Waals surface area contributed by atoms with Gasteiger partial charge < -0.3 is 15.0 Å². The van der Waals surface area contributed by atoms with E-state index in [-0.39, 0.29) is 36.1 Å². The third-order valence-corrected chi connectivity index (χ3v) is 2.28. The molecule has 0 aromatic heterocycles. The van der Waals surface area contributed by atoms with Gasteiger partial charge in [-0.25, -0.2) is 8.42 Å². The van der Waals surface area contributed by atoms with Gasteiger partial charge in [-0.3, -0.25) is 0 Å². The van der Waals surface area contributed by atoms with Gasteiger partial charge in [0, 0.05) is 6.54 Å². The van der Waals surface area contributed by atoms with E-state index in [2.05, 4.69) is 5.32 Å². The van der Waals surface area contributed by atoms with Crippen LogP contribution in [0.4, 0.5) is 0 Å². The summed E-state index contributed by atoms with van der Waals surface area (Å²) in [5, 5.41) is 11.9. The zero-order valence-electron chi connectivity index (χ0n) is 8.69. The molecule has 0 saturated carbocycles. The second-order valence-corrected chi connectivity index (χ2v) is 4.38. The molecule has 0 fully saturated rings. The van der Waals surface area contributed by atoms with Crippen LogP contribution in [0.2, 0.25) is 0 Å². The van der Waals surface area contributed by atoms with E-state index in [1.54, 1.807) is 0 Å². The fourth-order valence-electron chi connectivity index (χ4n) is 0.865. The van der Waals surface area contributed by atoms with E-state index < -0.39 is 22.0 Å². The number of hydrogen-bond donors (Lipinski definition) is 2. The minimum atomic E-state index is -4.31. The van der Waals surface area contributed by atoms with Crippen molar-refractivity contribution in [3.8, 4) is 0 Å². The number of rotatable bonds is 7. The molecule has 0 saturated heterocycles. The molecule has 0 aliphatic carbocycles. The third-order valence-electron chi connectivity index (χ3n) is 1.48. The van der Waals surface area contributed by atoms with Crippen LogP contribution in [-0.2, 0) is 10.1 Å². The molecule has 1 atom stereocenters. The fourth-order valence-corrected chi connectivity index (χ4v) is 1.45. The predicted molar refractivity (Wildman–Crippen MR) is 48.3 cm³/mol. The zero-order valence-corrected chi connectivity index (χ0v) is 11.5. The second kappa shape index (κ2) is 9.08. The molecule has 0 spiro atoms. The van der Waals surface area contributed by atoms with Crippen molar-refractivity contribution < 1.29 is 47.6 Å². The Balaban J connectivity index is 0. The van der Waals surface area contributed by atoms with E-state index in [1.807, 2.05) is 6.92 Å². The Morgan fingerprint density at radius 3 is 2.50 bits per heavy atom. The minimum Gasteiger partial charge on any atom is -0.748 e. The van der Waals surface area contributed by atoms with Gasteiger partial charge in [-0.15, -0.1) is 0 Å². The van der Waals surface area contributed by atoms with E-state index in [4.69, 9.17) is 5.11 Å². The Morgan fingerprint density at radius 1 is 1.50 bits per heavy atom. The van der Waals surface area contributed by atoms with Gasteiger partial charge in [0.25, 0.3) is 0 Å². The molecule has 0 aliphatic rings. The number of unbranched alkanes of at least 4 members (excludes halogenated alkanes) is 1. The first-order valence-corrected chi connectivity index (χ1v) is 5.85. The smallest absolute Gasteiger partial charge is 0.748 e. The topological polar surface area (TPSA) is 89.5 Å². The minimum absolute atomic E-state index is 0. The number of aliphatic hydroxyl groups is 1. The number of aliphatic hydroxyl groups excluding tert-OH is 1. The molecule has 0 amide bonds. The van der Waals surface area contributed by atoms with Crippen LogP contribution in [0, 0.1) is 0 Å². The largest absolute Gasteiger partial charge is 1.00 e. The van der Waals surface area contributed by atoms with E-state index in [0.29, 0.717) is 0 Å². The van der Waals surface area contributed by atoms with Crippen molar-refractivity contribution in [3.63, 3.8) is 0 Å².